The number of ether oxygens (including phenoxy) is 1. The SMILES string of the molecule is CNc1nc(OC(C)CC(C)C)nc(N(C)C)n1. The molecule has 0 spiro atoms. The number of rotatable bonds is 6. The first-order valence-corrected chi connectivity index (χ1v) is 6.20. The van der Waals surface area contributed by atoms with Gasteiger partial charge in [-0.3, -0.25) is 0 Å². The van der Waals surface area contributed by atoms with Crippen LogP contribution >= 0.6 is 0 Å². The van der Waals surface area contributed by atoms with E-state index in [0.29, 0.717) is 23.8 Å². The van der Waals surface area contributed by atoms with Gasteiger partial charge in [0.05, 0.1) is 6.10 Å². The van der Waals surface area contributed by atoms with Crippen molar-refractivity contribution < 1.29 is 4.74 Å². The van der Waals surface area contributed by atoms with E-state index in [-0.39, 0.29) is 6.10 Å². The molecule has 0 amide bonds. The molecule has 1 rings (SSSR count). The van der Waals surface area contributed by atoms with E-state index >= 15 is 0 Å². The molecule has 0 saturated carbocycles. The lowest BCUT2D eigenvalue weighted by Gasteiger charge is -2.17. The van der Waals surface area contributed by atoms with Gasteiger partial charge in [0, 0.05) is 21.1 Å². The number of nitrogens with zero attached hydrogens (tertiary/aromatic N) is 4. The summed E-state index contributed by atoms with van der Waals surface area (Å²) < 4.78 is 5.73. The Labute approximate surface area is 109 Å². The largest absolute Gasteiger partial charge is 0.460 e. The third kappa shape index (κ3) is 4.35. The van der Waals surface area contributed by atoms with Gasteiger partial charge in [0.2, 0.25) is 11.9 Å². The van der Waals surface area contributed by atoms with Crippen LogP contribution in [-0.2, 0) is 0 Å². The first-order chi connectivity index (χ1) is 8.42. The fourth-order valence-electron chi connectivity index (χ4n) is 1.60. The van der Waals surface area contributed by atoms with E-state index in [1.54, 1.807) is 7.05 Å². The van der Waals surface area contributed by atoms with E-state index in [9.17, 15) is 0 Å². The summed E-state index contributed by atoms with van der Waals surface area (Å²) in [4.78, 5) is 14.5. The lowest BCUT2D eigenvalue weighted by molar-refractivity contribution is 0.177. The second-order valence-electron chi connectivity index (χ2n) is 4.94. The molecule has 6 heteroatoms. The molecule has 102 valence electrons. The topological polar surface area (TPSA) is 63.2 Å². The van der Waals surface area contributed by atoms with Gasteiger partial charge >= 0.3 is 6.01 Å². The van der Waals surface area contributed by atoms with Crippen LogP contribution in [0, 0.1) is 5.92 Å². The van der Waals surface area contributed by atoms with Gasteiger partial charge in [-0.2, -0.15) is 15.0 Å². The van der Waals surface area contributed by atoms with Crippen LogP contribution in [-0.4, -0.2) is 42.2 Å². The summed E-state index contributed by atoms with van der Waals surface area (Å²) in [7, 11) is 5.54. The zero-order chi connectivity index (χ0) is 13.7. The fourth-order valence-corrected chi connectivity index (χ4v) is 1.60. The monoisotopic (exact) mass is 253 g/mol. The van der Waals surface area contributed by atoms with Crippen molar-refractivity contribution >= 4 is 11.9 Å². The first-order valence-electron chi connectivity index (χ1n) is 6.20. The Balaban J connectivity index is 2.84. The zero-order valence-corrected chi connectivity index (χ0v) is 12.1. The highest BCUT2D eigenvalue weighted by atomic mass is 16.5. The molecule has 1 aromatic heterocycles. The summed E-state index contributed by atoms with van der Waals surface area (Å²) in [5.74, 6) is 1.68. The van der Waals surface area contributed by atoms with Crippen molar-refractivity contribution in [1.29, 1.82) is 0 Å². The van der Waals surface area contributed by atoms with E-state index in [2.05, 4.69) is 34.1 Å². The normalized spacial score (nSPS) is 12.4. The fraction of sp³-hybridized carbons (Fsp3) is 0.750. The van der Waals surface area contributed by atoms with Crippen molar-refractivity contribution in [1.82, 2.24) is 15.0 Å². The van der Waals surface area contributed by atoms with Gasteiger partial charge in [0.25, 0.3) is 0 Å². The maximum atomic E-state index is 5.73. The lowest BCUT2D eigenvalue weighted by atomic mass is 10.1. The standard InChI is InChI=1S/C12H23N5O/c1-8(2)7-9(3)18-12-15-10(13-4)14-11(16-12)17(5)6/h8-9H,7H2,1-6H3,(H,13,14,15,16). The Hall–Kier alpha value is -1.59. The van der Waals surface area contributed by atoms with Gasteiger partial charge in [-0.15, -0.1) is 0 Å². The second-order valence-corrected chi connectivity index (χ2v) is 4.94. The molecule has 1 N–H and O–H groups in total. The van der Waals surface area contributed by atoms with Crippen LogP contribution in [0.4, 0.5) is 11.9 Å². The Morgan fingerprint density at radius 2 is 1.83 bits per heavy atom. The number of hydrogen-bond donors (Lipinski definition) is 1. The Kier molecular flexibility index (Phi) is 5.12. The smallest absolute Gasteiger partial charge is 0.323 e. The molecule has 1 unspecified atom stereocenters. The van der Waals surface area contributed by atoms with Crippen molar-refractivity contribution in [3.63, 3.8) is 0 Å². The van der Waals surface area contributed by atoms with E-state index < -0.39 is 0 Å². The number of anilines is 2. The summed E-state index contributed by atoms with van der Waals surface area (Å²) in [5, 5.41) is 2.91. The molecular weight excluding hydrogens is 230 g/mol. The predicted octanol–water partition coefficient (Wildman–Crippen LogP) is 1.79. The third-order valence-corrected chi connectivity index (χ3v) is 2.34. The number of nitrogens with one attached hydrogen (secondary N) is 1. The van der Waals surface area contributed by atoms with E-state index in [1.165, 1.54) is 0 Å². The van der Waals surface area contributed by atoms with Crippen LogP contribution < -0.4 is 15.0 Å². The van der Waals surface area contributed by atoms with Crippen LogP contribution in [0.2, 0.25) is 0 Å². The molecular formula is C12H23N5O. The van der Waals surface area contributed by atoms with E-state index in [4.69, 9.17) is 4.74 Å². The average Bonchev–Trinajstić information content (AvgIpc) is 2.27. The molecule has 0 aliphatic heterocycles. The highest BCUT2D eigenvalue weighted by molar-refractivity contribution is 5.36. The Bertz CT molecular complexity index is 381. The van der Waals surface area contributed by atoms with Crippen LogP contribution in [0.5, 0.6) is 6.01 Å². The zero-order valence-electron chi connectivity index (χ0n) is 12.1. The van der Waals surface area contributed by atoms with Crippen molar-refractivity contribution in [2.75, 3.05) is 31.4 Å². The number of aromatic nitrogens is 3. The molecule has 1 aromatic rings. The molecule has 0 radical (unpaired) electrons. The molecule has 1 heterocycles. The summed E-state index contributed by atoms with van der Waals surface area (Å²) in [6, 6.07) is 0.367. The van der Waals surface area contributed by atoms with Crippen molar-refractivity contribution in [3.05, 3.63) is 0 Å². The van der Waals surface area contributed by atoms with Gasteiger partial charge in [-0.25, -0.2) is 0 Å². The van der Waals surface area contributed by atoms with Crippen LogP contribution in [0.15, 0.2) is 0 Å². The number of hydrogen-bond acceptors (Lipinski definition) is 6. The molecule has 1 atom stereocenters. The Morgan fingerprint density at radius 3 is 2.33 bits per heavy atom. The van der Waals surface area contributed by atoms with Crippen LogP contribution in [0.1, 0.15) is 27.2 Å². The van der Waals surface area contributed by atoms with Gasteiger partial charge in [-0.05, 0) is 19.3 Å². The third-order valence-electron chi connectivity index (χ3n) is 2.34. The minimum absolute atomic E-state index is 0.0899. The summed E-state index contributed by atoms with van der Waals surface area (Å²) >= 11 is 0. The Morgan fingerprint density at radius 1 is 1.17 bits per heavy atom. The van der Waals surface area contributed by atoms with Crippen molar-refractivity contribution in [3.8, 4) is 6.01 Å². The molecule has 0 saturated heterocycles. The molecule has 0 bridgehead atoms. The molecule has 6 nitrogen and oxygen atoms in total. The van der Waals surface area contributed by atoms with Gasteiger partial charge in [0.1, 0.15) is 0 Å². The predicted molar refractivity (Wildman–Crippen MR) is 73.2 cm³/mol. The van der Waals surface area contributed by atoms with Crippen LogP contribution in [0.3, 0.4) is 0 Å². The van der Waals surface area contributed by atoms with Crippen LogP contribution in [0.25, 0.3) is 0 Å². The summed E-state index contributed by atoms with van der Waals surface area (Å²) in [6.07, 6.45) is 1.06. The van der Waals surface area contributed by atoms with Gasteiger partial charge in [-0.1, -0.05) is 13.8 Å². The highest BCUT2D eigenvalue weighted by Gasteiger charge is 2.12. The quantitative estimate of drug-likeness (QED) is 0.834. The molecule has 0 aliphatic carbocycles. The minimum Gasteiger partial charge on any atom is -0.460 e. The minimum atomic E-state index is 0.0899. The summed E-state index contributed by atoms with van der Waals surface area (Å²) in [5.41, 5.74) is 0. The lowest BCUT2D eigenvalue weighted by Crippen LogP contribution is -2.19. The second kappa shape index (κ2) is 6.37. The molecule has 18 heavy (non-hydrogen) atoms. The maximum absolute atomic E-state index is 5.73. The van der Waals surface area contributed by atoms with Gasteiger partial charge in [0.15, 0.2) is 0 Å². The average molecular weight is 253 g/mol. The van der Waals surface area contributed by atoms with E-state index in [0.717, 1.165) is 6.42 Å². The van der Waals surface area contributed by atoms with E-state index in [1.807, 2.05) is 25.9 Å². The molecule has 0 aromatic carbocycles. The van der Waals surface area contributed by atoms with Crippen molar-refractivity contribution in [2.24, 2.45) is 5.92 Å². The first kappa shape index (κ1) is 14.5. The summed E-state index contributed by atoms with van der Waals surface area (Å²) in [6.45, 7) is 6.35. The molecule has 0 fully saturated rings. The maximum Gasteiger partial charge on any atom is 0.323 e. The van der Waals surface area contributed by atoms with Gasteiger partial charge < -0.3 is 15.0 Å². The molecule has 0 aliphatic rings. The highest BCUT2D eigenvalue weighted by Crippen LogP contribution is 2.16. The van der Waals surface area contributed by atoms with Crippen molar-refractivity contribution in [2.45, 2.75) is 33.3 Å².